The molecule has 3 rings (SSSR count). The summed E-state index contributed by atoms with van der Waals surface area (Å²) in [7, 11) is 0. The van der Waals surface area contributed by atoms with E-state index < -0.39 is 28.3 Å². The van der Waals surface area contributed by atoms with E-state index in [2.05, 4.69) is 0 Å². The molecule has 2 N–H and O–H groups in total. The van der Waals surface area contributed by atoms with E-state index in [0.717, 1.165) is 5.70 Å². The minimum atomic E-state index is -1.06. The van der Waals surface area contributed by atoms with E-state index >= 15 is 0 Å². The fraction of sp³-hybridized carbons (Fsp3) is 0.727. The fourth-order valence-electron chi connectivity index (χ4n) is 3.26. The average molecular weight is 225 g/mol. The monoisotopic (exact) mass is 225 g/mol. The van der Waals surface area contributed by atoms with Crippen molar-refractivity contribution in [2.75, 3.05) is 6.54 Å². The number of hydrogen-bond acceptors (Lipinski definition) is 4. The van der Waals surface area contributed by atoms with Gasteiger partial charge in [-0.05, 0) is 19.4 Å². The molecule has 0 aromatic rings. The molecule has 1 heterocycles. The lowest BCUT2D eigenvalue weighted by Crippen LogP contribution is -2.40. The summed E-state index contributed by atoms with van der Waals surface area (Å²) in [6.07, 6.45) is 0.503. The zero-order valence-corrected chi connectivity index (χ0v) is 9.09. The van der Waals surface area contributed by atoms with Gasteiger partial charge in [-0.25, -0.2) is 0 Å². The Balaban J connectivity index is 1.96. The summed E-state index contributed by atoms with van der Waals surface area (Å²) in [4.78, 5) is 11.8. The highest BCUT2D eigenvalue weighted by Gasteiger charge is 2.76. The molecule has 3 aliphatic rings. The molecule has 0 radical (unpaired) electrons. The summed E-state index contributed by atoms with van der Waals surface area (Å²) in [5.74, 6) is -0.333. The molecule has 1 unspecified atom stereocenters. The molecule has 16 heavy (non-hydrogen) atoms. The maximum Gasteiger partial charge on any atom is 0.176 e. The number of aliphatic hydroxyl groups is 2. The summed E-state index contributed by atoms with van der Waals surface area (Å²) in [6.45, 7) is 2.20. The molecule has 1 spiro atoms. The molecule has 0 bridgehead atoms. The molecular formula is C11H15NO4. The summed E-state index contributed by atoms with van der Waals surface area (Å²) < 4.78 is -0.504. The van der Waals surface area contributed by atoms with Gasteiger partial charge in [0.15, 0.2) is 18.0 Å². The highest BCUT2D eigenvalue weighted by molar-refractivity contribution is 5.95. The molecule has 1 saturated heterocycles. The third-order valence-electron chi connectivity index (χ3n) is 4.38. The summed E-state index contributed by atoms with van der Waals surface area (Å²) >= 11 is 0. The van der Waals surface area contributed by atoms with E-state index in [1.54, 1.807) is 13.0 Å². The molecule has 0 amide bonds. The Kier molecular flexibility index (Phi) is 1.78. The van der Waals surface area contributed by atoms with Crippen LogP contribution in [0.2, 0.25) is 0 Å². The van der Waals surface area contributed by atoms with Crippen molar-refractivity contribution in [3.05, 3.63) is 17.0 Å². The van der Waals surface area contributed by atoms with Crippen LogP contribution in [0.25, 0.3) is 0 Å². The van der Waals surface area contributed by atoms with Crippen LogP contribution in [-0.4, -0.2) is 45.4 Å². The molecule has 5 nitrogen and oxygen atoms in total. The van der Waals surface area contributed by atoms with Gasteiger partial charge in [-0.3, -0.25) is 4.79 Å². The maximum atomic E-state index is 12.4. The van der Waals surface area contributed by atoms with Crippen molar-refractivity contribution in [2.45, 2.75) is 38.0 Å². The van der Waals surface area contributed by atoms with E-state index in [4.69, 9.17) is 0 Å². The molecule has 0 aromatic heterocycles. The average Bonchev–Trinajstić information content (AvgIpc) is 3.08. The Bertz CT molecular complexity index is 407. The van der Waals surface area contributed by atoms with Gasteiger partial charge in [0.2, 0.25) is 0 Å². The summed E-state index contributed by atoms with van der Waals surface area (Å²) in [5, 5.41) is 31.6. The summed E-state index contributed by atoms with van der Waals surface area (Å²) in [5.41, 5.74) is -0.184. The number of rotatable bonds is 1. The van der Waals surface area contributed by atoms with E-state index in [-0.39, 0.29) is 12.2 Å². The minimum Gasteiger partial charge on any atom is -0.627 e. The Morgan fingerprint density at radius 1 is 1.56 bits per heavy atom. The van der Waals surface area contributed by atoms with E-state index in [1.807, 2.05) is 0 Å². The van der Waals surface area contributed by atoms with Gasteiger partial charge >= 0.3 is 0 Å². The number of aliphatic hydroxyl groups excluding tert-OH is 2. The first-order valence-corrected chi connectivity index (χ1v) is 5.62. The second-order valence-electron chi connectivity index (χ2n) is 5.13. The van der Waals surface area contributed by atoms with Crippen LogP contribution in [0.4, 0.5) is 0 Å². The largest absolute Gasteiger partial charge is 0.627 e. The lowest BCUT2D eigenvalue weighted by molar-refractivity contribution is -0.760. The van der Waals surface area contributed by atoms with E-state index in [1.165, 1.54) is 0 Å². The van der Waals surface area contributed by atoms with Crippen LogP contribution in [0, 0.1) is 10.6 Å². The Labute approximate surface area is 93.1 Å². The van der Waals surface area contributed by atoms with Crippen molar-refractivity contribution < 1.29 is 19.7 Å². The van der Waals surface area contributed by atoms with Gasteiger partial charge in [0, 0.05) is 6.42 Å². The van der Waals surface area contributed by atoms with Crippen molar-refractivity contribution in [1.82, 2.24) is 0 Å². The van der Waals surface area contributed by atoms with Crippen LogP contribution in [0.5, 0.6) is 0 Å². The van der Waals surface area contributed by atoms with Crippen molar-refractivity contribution in [2.24, 2.45) is 5.41 Å². The number of nitrogens with zero attached hydrogens (tertiary/aromatic N) is 1. The molecule has 0 aromatic carbocycles. The predicted octanol–water partition coefficient (Wildman–Crippen LogP) is -0.328. The third-order valence-corrected chi connectivity index (χ3v) is 4.38. The number of carbonyl (C=O) groups excluding carboxylic acids is 1. The molecule has 2 aliphatic carbocycles. The molecule has 88 valence electrons. The molecule has 5 heteroatoms. The lowest BCUT2D eigenvalue weighted by Gasteiger charge is -2.31. The molecule has 1 aliphatic heterocycles. The smallest absolute Gasteiger partial charge is 0.176 e. The van der Waals surface area contributed by atoms with E-state index in [9.17, 15) is 20.2 Å². The number of ketones is 1. The van der Waals surface area contributed by atoms with Gasteiger partial charge in [-0.2, -0.15) is 0 Å². The van der Waals surface area contributed by atoms with Gasteiger partial charge < -0.3 is 20.1 Å². The summed E-state index contributed by atoms with van der Waals surface area (Å²) in [6, 6.07) is -0.476. The van der Waals surface area contributed by atoms with Crippen LogP contribution >= 0.6 is 0 Å². The first kappa shape index (κ1) is 10.4. The normalized spacial score (nSPS) is 57.4. The van der Waals surface area contributed by atoms with Crippen molar-refractivity contribution >= 4 is 5.78 Å². The second-order valence-corrected chi connectivity index (χ2v) is 5.13. The fourth-order valence-corrected chi connectivity index (χ4v) is 3.26. The van der Waals surface area contributed by atoms with Crippen molar-refractivity contribution in [1.29, 1.82) is 0 Å². The predicted molar refractivity (Wildman–Crippen MR) is 54.7 cm³/mol. The number of carbonyl (C=O) groups is 1. The molecular weight excluding hydrogens is 210 g/mol. The third kappa shape index (κ3) is 0.971. The first-order chi connectivity index (χ1) is 7.46. The van der Waals surface area contributed by atoms with Crippen LogP contribution in [0.1, 0.15) is 19.8 Å². The molecule has 5 atom stereocenters. The Morgan fingerprint density at radius 2 is 2.19 bits per heavy atom. The number of Topliss-reactive ketones (excluding diaryl/α,β-unsaturated/α-hetero) is 1. The quantitative estimate of drug-likeness (QED) is 0.364. The van der Waals surface area contributed by atoms with Gasteiger partial charge in [-0.1, -0.05) is 0 Å². The van der Waals surface area contributed by atoms with Crippen LogP contribution in [0.3, 0.4) is 0 Å². The molecule has 3 fully saturated rings. The van der Waals surface area contributed by atoms with Gasteiger partial charge in [0.05, 0.1) is 6.10 Å². The zero-order valence-electron chi connectivity index (χ0n) is 9.09. The number of hydrogen-bond donors (Lipinski definition) is 2. The van der Waals surface area contributed by atoms with Gasteiger partial charge in [0.1, 0.15) is 17.6 Å². The minimum absolute atomic E-state index is 0.191. The second kappa shape index (κ2) is 2.73. The topological polar surface area (TPSA) is 80.6 Å². The highest BCUT2D eigenvalue weighted by Crippen LogP contribution is 2.62. The standard InChI is InChI=1S/C11H15NO4/c1-2-6-5-12(6,16)8-3-7(13)10(15)11(8)4-9(11)14/h2,7-9,13-14H,3-5H2,1H3/b6-2+/t7-,8+,9-,11+,12?/m1/s1. The lowest BCUT2D eigenvalue weighted by atomic mass is 9.98. The van der Waals surface area contributed by atoms with Crippen LogP contribution in [-0.2, 0) is 4.79 Å². The van der Waals surface area contributed by atoms with Crippen molar-refractivity contribution in [3.8, 4) is 0 Å². The van der Waals surface area contributed by atoms with Crippen LogP contribution in [0.15, 0.2) is 11.8 Å². The van der Waals surface area contributed by atoms with Crippen molar-refractivity contribution in [3.63, 3.8) is 0 Å². The van der Waals surface area contributed by atoms with E-state index in [0.29, 0.717) is 13.0 Å². The van der Waals surface area contributed by atoms with Gasteiger partial charge in [0.25, 0.3) is 0 Å². The number of allylic oxidation sites excluding steroid dienone is 1. The molecule has 2 saturated carbocycles. The highest BCUT2D eigenvalue weighted by atomic mass is 16.6. The first-order valence-electron chi connectivity index (χ1n) is 5.62. The Hall–Kier alpha value is -0.750. The number of quaternary nitrogens is 1. The zero-order chi connectivity index (χ0) is 11.7. The number of hydroxylamine groups is 3. The SMILES string of the molecule is C/C=C1\C[N+]1([O-])[C@H]1C[C@@H](O)C(=O)[C@@]12C[C@H]2O. The maximum absolute atomic E-state index is 12.4. The Morgan fingerprint density at radius 3 is 2.62 bits per heavy atom. The van der Waals surface area contributed by atoms with Crippen LogP contribution < -0.4 is 0 Å². The van der Waals surface area contributed by atoms with Gasteiger partial charge in [-0.15, -0.1) is 0 Å².